The summed E-state index contributed by atoms with van der Waals surface area (Å²) in [5.41, 5.74) is 7.68. The molecule has 0 spiro atoms. The van der Waals surface area contributed by atoms with Crippen LogP contribution in [0.15, 0.2) is 29.4 Å². The van der Waals surface area contributed by atoms with Gasteiger partial charge >= 0.3 is 0 Å². The molecule has 1 aromatic heterocycles. The zero-order valence-corrected chi connectivity index (χ0v) is 22.3. The van der Waals surface area contributed by atoms with E-state index in [2.05, 4.69) is 51.4 Å². The van der Waals surface area contributed by atoms with E-state index >= 15 is 0 Å². The predicted molar refractivity (Wildman–Crippen MR) is 143 cm³/mol. The van der Waals surface area contributed by atoms with E-state index in [0.29, 0.717) is 16.9 Å². The molecule has 1 aromatic carbocycles. The van der Waals surface area contributed by atoms with Gasteiger partial charge in [0, 0.05) is 11.7 Å². The first-order valence-corrected chi connectivity index (χ1v) is 14.0. The maximum absolute atomic E-state index is 11.6. The average Bonchev–Trinajstić information content (AvgIpc) is 3.41. The lowest BCUT2D eigenvalue weighted by atomic mass is 9.88. The van der Waals surface area contributed by atoms with E-state index in [1.807, 2.05) is 32.2 Å². The molecule has 34 heavy (non-hydrogen) atoms. The molecule has 1 amide bonds. The number of hydrogen-bond donors (Lipinski definition) is 2. The summed E-state index contributed by atoms with van der Waals surface area (Å²) in [5, 5.41) is 11.4. The number of nitrogens with zero attached hydrogens (tertiary/aromatic N) is 4. The molecule has 8 heteroatoms. The molecule has 0 atom stereocenters. The van der Waals surface area contributed by atoms with Crippen LogP contribution in [0.4, 0.5) is 11.5 Å². The summed E-state index contributed by atoms with van der Waals surface area (Å²) in [6.07, 6.45) is 11.1. The molecule has 1 saturated heterocycles. The second kappa shape index (κ2) is 14.9. The molecule has 4 rings (SSSR count). The van der Waals surface area contributed by atoms with Crippen molar-refractivity contribution in [1.29, 1.82) is 0 Å². The highest BCUT2D eigenvalue weighted by atomic mass is 32.2. The Morgan fingerprint density at radius 1 is 1.06 bits per heavy atom. The summed E-state index contributed by atoms with van der Waals surface area (Å²) in [6, 6.07) is 9.24. The molecule has 2 aliphatic rings. The molecule has 0 bridgehead atoms. The Kier molecular flexibility index (Phi) is 12.3. The number of nitrogens with one attached hydrogen (secondary N) is 1. The van der Waals surface area contributed by atoms with E-state index in [0.717, 1.165) is 11.7 Å². The topological polar surface area (TPSA) is 97.0 Å². The third kappa shape index (κ3) is 7.94. The van der Waals surface area contributed by atoms with Crippen molar-refractivity contribution in [1.82, 2.24) is 20.1 Å². The first-order valence-electron chi connectivity index (χ1n) is 12.7. The Morgan fingerprint density at radius 3 is 2.18 bits per heavy atom. The van der Waals surface area contributed by atoms with Crippen LogP contribution in [0, 0.1) is 0 Å². The smallest absolute Gasteiger partial charge is 0.273 e. The van der Waals surface area contributed by atoms with Crippen molar-refractivity contribution < 1.29 is 4.79 Å². The molecule has 2 fully saturated rings. The second-order valence-electron chi connectivity index (χ2n) is 8.56. The highest BCUT2D eigenvalue weighted by Gasteiger charge is 2.27. The Bertz CT molecular complexity index is 862. The molecule has 188 valence electrons. The fourth-order valence-electron chi connectivity index (χ4n) is 4.49. The van der Waals surface area contributed by atoms with Gasteiger partial charge in [0.15, 0.2) is 11.5 Å². The maximum Gasteiger partial charge on any atom is 0.273 e. The SMILES string of the molecule is CC.CCC.CSc1nnc(C(N)=O)c(Nc2ccc(C3CCN(C4CCCC4)CC3)cc2)n1. The van der Waals surface area contributed by atoms with E-state index < -0.39 is 5.91 Å². The summed E-state index contributed by atoms with van der Waals surface area (Å²) in [5.74, 6) is 0.312. The van der Waals surface area contributed by atoms with Crippen LogP contribution in [-0.4, -0.2) is 51.4 Å². The monoisotopic (exact) mass is 486 g/mol. The molecular weight excluding hydrogens is 444 g/mol. The minimum atomic E-state index is -0.647. The lowest BCUT2D eigenvalue weighted by Crippen LogP contribution is -2.39. The van der Waals surface area contributed by atoms with Gasteiger partial charge in [0.05, 0.1) is 0 Å². The van der Waals surface area contributed by atoms with Crippen molar-refractivity contribution in [3.8, 4) is 0 Å². The van der Waals surface area contributed by atoms with Crippen LogP contribution >= 0.6 is 11.8 Å². The van der Waals surface area contributed by atoms with Gasteiger partial charge in [-0.05, 0) is 68.6 Å². The standard InChI is InChI=1S/C21H28N6OS.C3H8.C2H6/c1-29-21-24-20(18(19(22)28)25-26-21)23-16-8-6-14(7-9-16)15-10-12-27(13-11-15)17-4-2-3-5-17;1-3-2;1-2/h6-9,15,17H,2-5,10-13H2,1H3,(H2,22,28)(H,23,24,26);3H2,1-2H3;1-2H3. The lowest BCUT2D eigenvalue weighted by molar-refractivity contribution is 0.0994. The van der Waals surface area contributed by atoms with Gasteiger partial charge in [-0.1, -0.05) is 70.9 Å². The molecule has 7 nitrogen and oxygen atoms in total. The van der Waals surface area contributed by atoms with Crippen molar-refractivity contribution in [2.75, 3.05) is 24.7 Å². The fraction of sp³-hybridized carbons (Fsp3) is 0.615. The first kappa shape index (κ1) is 28.1. The van der Waals surface area contributed by atoms with Crippen molar-refractivity contribution in [3.63, 3.8) is 0 Å². The summed E-state index contributed by atoms with van der Waals surface area (Å²) in [4.78, 5) is 18.7. The molecule has 1 aliphatic heterocycles. The highest BCUT2D eigenvalue weighted by Crippen LogP contribution is 2.33. The molecule has 3 N–H and O–H groups in total. The van der Waals surface area contributed by atoms with Crippen LogP contribution in [0.1, 0.15) is 94.6 Å². The number of nitrogens with two attached hydrogens (primary N) is 1. The average molecular weight is 487 g/mol. The van der Waals surface area contributed by atoms with Gasteiger partial charge in [-0.15, -0.1) is 10.2 Å². The summed E-state index contributed by atoms with van der Waals surface area (Å²) in [6.45, 7) is 10.7. The van der Waals surface area contributed by atoms with Crippen LogP contribution in [0.25, 0.3) is 0 Å². The van der Waals surface area contributed by atoms with Crippen LogP contribution in [-0.2, 0) is 0 Å². The number of primary amides is 1. The summed E-state index contributed by atoms with van der Waals surface area (Å²) >= 11 is 1.36. The van der Waals surface area contributed by atoms with E-state index in [1.165, 1.54) is 75.4 Å². The molecule has 0 unspecified atom stereocenters. The molecule has 2 heterocycles. The molecule has 1 saturated carbocycles. The minimum absolute atomic E-state index is 0.0474. The molecular formula is C26H42N6OS. The van der Waals surface area contributed by atoms with Gasteiger partial charge in [0.1, 0.15) is 0 Å². The number of likely N-dealkylation sites (tertiary alicyclic amines) is 1. The fourth-order valence-corrected chi connectivity index (χ4v) is 4.80. The van der Waals surface area contributed by atoms with Crippen LogP contribution in [0.5, 0.6) is 0 Å². The van der Waals surface area contributed by atoms with Gasteiger partial charge in [0.2, 0.25) is 5.16 Å². The summed E-state index contributed by atoms with van der Waals surface area (Å²) in [7, 11) is 0. The lowest BCUT2D eigenvalue weighted by Gasteiger charge is -2.36. The van der Waals surface area contributed by atoms with Gasteiger partial charge in [-0.3, -0.25) is 4.79 Å². The first-order chi connectivity index (χ1) is 16.5. The van der Waals surface area contributed by atoms with Crippen molar-refractivity contribution in [2.24, 2.45) is 5.73 Å². The number of benzene rings is 1. The van der Waals surface area contributed by atoms with Crippen LogP contribution < -0.4 is 11.1 Å². The second-order valence-corrected chi connectivity index (χ2v) is 9.34. The number of piperidine rings is 1. The number of hydrogen-bond acceptors (Lipinski definition) is 7. The number of carbonyl (C=O) groups is 1. The largest absolute Gasteiger partial charge is 0.364 e. The maximum atomic E-state index is 11.6. The van der Waals surface area contributed by atoms with Gasteiger partial charge in [0.25, 0.3) is 5.91 Å². The third-order valence-corrected chi connectivity index (χ3v) is 6.64. The number of amides is 1. The number of rotatable bonds is 6. The Hall–Kier alpha value is -2.19. The Labute approximate surface area is 209 Å². The van der Waals surface area contributed by atoms with E-state index in [9.17, 15) is 4.79 Å². The van der Waals surface area contributed by atoms with Gasteiger partial charge in [-0.25, -0.2) is 4.98 Å². The van der Waals surface area contributed by atoms with E-state index in [4.69, 9.17) is 5.73 Å². The van der Waals surface area contributed by atoms with Gasteiger partial charge < -0.3 is 16.0 Å². The van der Waals surface area contributed by atoms with E-state index in [-0.39, 0.29) is 5.69 Å². The zero-order chi connectivity index (χ0) is 24.9. The van der Waals surface area contributed by atoms with Crippen LogP contribution in [0.2, 0.25) is 0 Å². The predicted octanol–water partition coefficient (Wildman–Crippen LogP) is 6.00. The normalized spacial score (nSPS) is 16.7. The number of anilines is 2. The highest BCUT2D eigenvalue weighted by molar-refractivity contribution is 7.98. The third-order valence-electron chi connectivity index (χ3n) is 6.10. The minimum Gasteiger partial charge on any atom is -0.364 e. The van der Waals surface area contributed by atoms with Crippen LogP contribution in [0.3, 0.4) is 0 Å². The van der Waals surface area contributed by atoms with Crippen molar-refractivity contribution >= 4 is 29.2 Å². The number of carbonyl (C=O) groups excluding carboxylic acids is 1. The quantitative estimate of drug-likeness (QED) is 0.483. The molecule has 1 aliphatic carbocycles. The van der Waals surface area contributed by atoms with Crippen molar-refractivity contribution in [2.45, 2.75) is 89.8 Å². The zero-order valence-electron chi connectivity index (χ0n) is 21.5. The van der Waals surface area contributed by atoms with Gasteiger partial charge in [-0.2, -0.15) is 0 Å². The number of aromatic nitrogens is 3. The van der Waals surface area contributed by atoms with Crippen molar-refractivity contribution in [3.05, 3.63) is 35.5 Å². The Balaban J connectivity index is 0.000000758. The summed E-state index contributed by atoms with van der Waals surface area (Å²) < 4.78 is 0. The number of thioether (sulfide) groups is 1. The van der Waals surface area contributed by atoms with E-state index in [1.54, 1.807) is 0 Å². The Morgan fingerprint density at radius 2 is 1.65 bits per heavy atom. The molecule has 2 aromatic rings. The molecule has 0 radical (unpaired) electrons.